The Morgan fingerprint density at radius 2 is 2.00 bits per heavy atom. The second kappa shape index (κ2) is 5.57. The van der Waals surface area contributed by atoms with Gasteiger partial charge in [-0.15, -0.1) is 0 Å². The van der Waals surface area contributed by atoms with E-state index in [-0.39, 0.29) is 11.1 Å². The van der Waals surface area contributed by atoms with Crippen LogP contribution < -0.4 is 4.72 Å². The van der Waals surface area contributed by atoms with Gasteiger partial charge in [0, 0.05) is 18.2 Å². The van der Waals surface area contributed by atoms with Gasteiger partial charge < -0.3 is 0 Å². The van der Waals surface area contributed by atoms with Crippen LogP contribution in [0.5, 0.6) is 0 Å². The Balaban J connectivity index is 1.96. The number of sulfonamides is 1. The van der Waals surface area contributed by atoms with E-state index in [9.17, 15) is 8.42 Å². The molecule has 6 nitrogen and oxygen atoms in total. The lowest BCUT2D eigenvalue weighted by Gasteiger charge is -2.19. The highest BCUT2D eigenvalue weighted by Gasteiger charge is 2.24. The summed E-state index contributed by atoms with van der Waals surface area (Å²) in [6, 6.07) is 9.17. The van der Waals surface area contributed by atoms with E-state index in [0.717, 1.165) is 17.5 Å². The number of aromatic nitrogens is 2. The molecule has 0 fully saturated rings. The van der Waals surface area contributed by atoms with E-state index in [2.05, 4.69) is 14.8 Å². The molecule has 7 heteroatoms. The van der Waals surface area contributed by atoms with Gasteiger partial charge in [0.2, 0.25) is 0 Å². The van der Waals surface area contributed by atoms with Crippen molar-refractivity contribution in [2.24, 2.45) is 4.99 Å². The average molecular weight is 318 g/mol. The Labute approximate surface area is 129 Å². The van der Waals surface area contributed by atoms with Crippen molar-refractivity contribution in [3.8, 4) is 0 Å². The minimum absolute atomic E-state index is 0.0397. The molecule has 0 saturated carbocycles. The number of rotatable bonds is 3. The fraction of sp³-hybridized carbons (Fsp3) is 0.333. The van der Waals surface area contributed by atoms with E-state index in [4.69, 9.17) is 0 Å². The van der Waals surface area contributed by atoms with Crippen molar-refractivity contribution < 1.29 is 8.42 Å². The fourth-order valence-electron chi connectivity index (χ4n) is 2.51. The van der Waals surface area contributed by atoms with Gasteiger partial charge in [-0.3, -0.25) is 9.71 Å². The summed E-state index contributed by atoms with van der Waals surface area (Å²) >= 11 is 0. The average Bonchev–Trinajstić information content (AvgIpc) is 2.98. The third-order valence-electron chi connectivity index (χ3n) is 3.55. The third kappa shape index (κ3) is 2.64. The zero-order valence-corrected chi connectivity index (χ0v) is 13.3. The lowest BCUT2D eigenvalue weighted by Crippen LogP contribution is -2.35. The van der Waals surface area contributed by atoms with Crippen LogP contribution in [0.25, 0.3) is 0 Å². The number of fused-ring (bicyclic) bond motifs is 1. The van der Waals surface area contributed by atoms with Crippen molar-refractivity contribution >= 4 is 15.9 Å². The minimum atomic E-state index is -3.72. The van der Waals surface area contributed by atoms with Crippen molar-refractivity contribution in [2.75, 3.05) is 6.54 Å². The monoisotopic (exact) mass is 318 g/mol. The van der Waals surface area contributed by atoms with Crippen LogP contribution in [-0.4, -0.2) is 30.6 Å². The standard InChI is InChI=1S/C15H18N4O2S/c1-11(2)19-14(8-10-17-19)22(20,21)18-15-13-6-4-3-5-12(13)7-9-16-15/h3-6,8,10-11H,7,9H2,1-2H3,(H,16,18). The minimum Gasteiger partial charge on any atom is -0.267 e. The van der Waals surface area contributed by atoms with Crippen molar-refractivity contribution in [1.82, 2.24) is 14.5 Å². The zero-order chi connectivity index (χ0) is 15.7. The van der Waals surface area contributed by atoms with Gasteiger partial charge in [0.1, 0.15) is 5.84 Å². The van der Waals surface area contributed by atoms with E-state index in [1.165, 1.54) is 16.9 Å². The molecule has 0 saturated heterocycles. The molecule has 0 radical (unpaired) electrons. The lowest BCUT2D eigenvalue weighted by molar-refractivity contribution is 0.478. The summed E-state index contributed by atoms with van der Waals surface area (Å²) in [4.78, 5) is 4.34. The maximum Gasteiger partial charge on any atom is 0.280 e. The first-order valence-electron chi connectivity index (χ1n) is 7.18. The van der Waals surface area contributed by atoms with Crippen LogP contribution in [0.3, 0.4) is 0 Å². The maximum atomic E-state index is 12.6. The van der Waals surface area contributed by atoms with Gasteiger partial charge in [0.15, 0.2) is 5.03 Å². The van der Waals surface area contributed by atoms with Gasteiger partial charge in [0.05, 0.1) is 6.20 Å². The topological polar surface area (TPSA) is 76.3 Å². The number of amidine groups is 1. The number of benzene rings is 1. The Kier molecular flexibility index (Phi) is 3.74. The first-order chi connectivity index (χ1) is 10.5. The molecule has 0 unspecified atom stereocenters. The summed E-state index contributed by atoms with van der Waals surface area (Å²) in [6.07, 6.45) is 2.32. The number of hydrogen-bond acceptors (Lipinski definition) is 4. The molecule has 1 N–H and O–H groups in total. The molecule has 22 heavy (non-hydrogen) atoms. The van der Waals surface area contributed by atoms with Gasteiger partial charge in [0.25, 0.3) is 10.0 Å². The summed E-state index contributed by atoms with van der Waals surface area (Å²) in [5, 5.41) is 4.22. The van der Waals surface area contributed by atoms with Crippen molar-refractivity contribution in [1.29, 1.82) is 0 Å². The van der Waals surface area contributed by atoms with Gasteiger partial charge >= 0.3 is 0 Å². The molecule has 0 atom stereocenters. The first-order valence-corrected chi connectivity index (χ1v) is 8.66. The highest BCUT2D eigenvalue weighted by Crippen LogP contribution is 2.18. The smallest absolute Gasteiger partial charge is 0.267 e. The Hall–Kier alpha value is -2.15. The zero-order valence-electron chi connectivity index (χ0n) is 12.5. The summed E-state index contributed by atoms with van der Waals surface area (Å²) in [5.41, 5.74) is 1.94. The summed E-state index contributed by atoms with van der Waals surface area (Å²) < 4.78 is 29.4. The van der Waals surface area contributed by atoms with E-state index in [1.807, 2.05) is 38.1 Å². The quantitative estimate of drug-likeness (QED) is 0.936. The number of aliphatic imine (C=N–C) groups is 1. The van der Waals surface area contributed by atoms with E-state index >= 15 is 0 Å². The van der Waals surface area contributed by atoms with Crippen molar-refractivity contribution in [3.05, 3.63) is 47.7 Å². The first kappa shape index (κ1) is 14.8. The molecule has 116 valence electrons. The van der Waals surface area contributed by atoms with Crippen LogP contribution in [0.15, 0.2) is 46.5 Å². The predicted octanol–water partition coefficient (Wildman–Crippen LogP) is 1.75. The maximum absolute atomic E-state index is 12.6. The summed E-state index contributed by atoms with van der Waals surface area (Å²) in [5.74, 6) is 0.401. The van der Waals surface area contributed by atoms with Crippen LogP contribution in [-0.2, 0) is 16.4 Å². The molecule has 1 aromatic heterocycles. The van der Waals surface area contributed by atoms with Crippen LogP contribution in [0.4, 0.5) is 0 Å². The molecule has 1 aliphatic heterocycles. The molecule has 0 aliphatic carbocycles. The van der Waals surface area contributed by atoms with E-state index in [1.54, 1.807) is 0 Å². The van der Waals surface area contributed by atoms with Gasteiger partial charge in [-0.1, -0.05) is 24.3 Å². The molecule has 0 amide bonds. The molecule has 1 aromatic carbocycles. The molecule has 0 spiro atoms. The van der Waals surface area contributed by atoms with Crippen LogP contribution in [0, 0.1) is 0 Å². The second-order valence-electron chi connectivity index (χ2n) is 5.45. The normalized spacial score (nSPS) is 14.6. The second-order valence-corrected chi connectivity index (χ2v) is 7.08. The molecule has 2 aromatic rings. The van der Waals surface area contributed by atoms with E-state index < -0.39 is 10.0 Å². The molecule has 2 heterocycles. The molecule has 3 rings (SSSR count). The molecule has 1 aliphatic rings. The molecule has 0 bridgehead atoms. The third-order valence-corrected chi connectivity index (χ3v) is 4.89. The summed E-state index contributed by atoms with van der Waals surface area (Å²) in [7, 11) is -3.72. The van der Waals surface area contributed by atoms with Gasteiger partial charge in [-0.25, -0.2) is 4.68 Å². The fourth-order valence-corrected chi connectivity index (χ4v) is 3.79. The van der Waals surface area contributed by atoms with Crippen LogP contribution in [0.1, 0.15) is 31.0 Å². The van der Waals surface area contributed by atoms with Crippen molar-refractivity contribution in [3.63, 3.8) is 0 Å². The van der Waals surface area contributed by atoms with Gasteiger partial charge in [-0.05, 0) is 31.9 Å². The Bertz CT molecular complexity index is 822. The number of nitrogens with one attached hydrogen (secondary N) is 1. The Morgan fingerprint density at radius 3 is 2.77 bits per heavy atom. The number of hydrogen-bond donors (Lipinski definition) is 1. The van der Waals surface area contributed by atoms with E-state index in [0.29, 0.717) is 12.4 Å². The van der Waals surface area contributed by atoms with Crippen LogP contribution in [0.2, 0.25) is 0 Å². The lowest BCUT2D eigenvalue weighted by atomic mass is 10.0. The largest absolute Gasteiger partial charge is 0.280 e. The highest BCUT2D eigenvalue weighted by molar-refractivity contribution is 7.90. The Morgan fingerprint density at radius 1 is 1.23 bits per heavy atom. The van der Waals surface area contributed by atoms with Crippen LogP contribution >= 0.6 is 0 Å². The summed E-state index contributed by atoms with van der Waals surface area (Å²) in [6.45, 7) is 4.36. The molecular weight excluding hydrogens is 300 g/mol. The predicted molar refractivity (Wildman–Crippen MR) is 84.5 cm³/mol. The van der Waals surface area contributed by atoms with Crippen molar-refractivity contribution in [2.45, 2.75) is 31.3 Å². The molecular formula is C15H18N4O2S. The highest BCUT2D eigenvalue weighted by atomic mass is 32.2. The van der Waals surface area contributed by atoms with Gasteiger partial charge in [-0.2, -0.15) is 13.5 Å². The SMILES string of the molecule is CC(C)n1nccc1S(=O)(=O)NC1=NCCc2ccccc21. The number of nitrogens with zero attached hydrogens (tertiary/aromatic N) is 3.